The summed E-state index contributed by atoms with van der Waals surface area (Å²) < 4.78 is 90.1. The van der Waals surface area contributed by atoms with E-state index in [4.69, 9.17) is 0 Å². The molecule has 0 radical (unpaired) electrons. The van der Waals surface area contributed by atoms with Crippen LogP contribution in [-0.4, -0.2) is 29.6 Å². The molecular formula is C14H15F7O2. The van der Waals surface area contributed by atoms with E-state index in [1.54, 1.807) is 0 Å². The van der Waals surface area contributed by atoms with Gasteiger partial charge in [-0.3, -0.25) is 9.59 Å². The first-order chi connectivity index (χ1) is 10.0. The van der Waals surface area contributed by atoms with Crippen LogP contribution in [-0.2, 0) is 9.59 Å². The average Bonchev–Trinajstić information content (AvgIpc) is 2.68. The van der Waals surface area contributed by atoms with Crippen LogP contribution in [0.15, 0.2) is 0 Å². The maximum Gasteiger partial charge on any atom is 0.460 e. The molecule has 0 aromatic heterocycles. The largest absolute Gasteiger partial charge is 0.460 e. The Morgan fingerprint density at radius 2 is 1.52 bits per heavy atom. The molecule has 23 heavy (non-hydrogen) atoms. The molecule has 0 aromatic rings. The first-order valence-electron chi connectivity index (χ1n) is 6.94. The fourth-order valence-electron chi connectivity index (χ4n) is 3.92. The lowest BCUT2D eigenvalue weighted by atomic mass is 9.70. The van der Waals surface area contributed by atoms with Crippen molar-refractivity contribution >= 4 is 11.6 Å². The number of carbonyl (C=O) groups is 2. The number of rotatable bonds is 3. The summed E-state index contributed by atoms with van der Waals surface area (Å²) in [5.74, 6) is -19.2. The highest BCUT2D eigenvalue weighted by atomic mass is 19.4. The Kier molecular flexibility index (Phi) is 3.54. The first-order valence-corrected chi connectivity index (χ1v) is 6.94. The minimum Gasteiger partial charge on any atom is -0.298 e. The molecule has 0 aromatic carbocycles. The molecule has 2 saturated carbocycles. The minimum absolute atomic E-state index is 0.152. The van der Waals surface area contributed by atoms with Gasteiger partial charge in [0.1, 0.15) is 5.78 Å². The van der Waals surface area contributed by atoms with Crippen LogP contribution < -0.4 is 0 Å². The summed E-state index contributed by atoms with van der Waals surface area (Å²) in [6.45, 7) is 4.51. The minimum atomic E-state index is -6.59. The molecule has 0 saturated heterocycles. The van der Waals surface area contributed by atoms with Crippen molar-refractivity contribution in [3.8, 4) is 0 Å². The Bertz CT molecular complexity index is 564. The molecule has 2 aliphatic carbocycles. The van der Waals surface area contributed by atoms with Gasteiger partial charge in [0, 0.05) is 5.41 Å². The van der Waals surface area contributed by atoms with Crippen molar-refractivity contribution in [3.63, 3.8) is 0 Å². The zero-order valence-electron chi connectivity index (χ0n) is 12.5. The third-order valence-corrected chi connectivity index (χ3v) is 5.88. The number of fused-ring (bicyclic) bond motifs is 2. The van der Waals surface area contributed by atoms with E-state index in [1.807, 2.05) is 0 Å². The van der Waals surface area contributed by atoms with Crippen molar-refractivity contribution in [3.05, 3.63) is 0 Å². The molecular weight excluding hydrogens is 333 g/mol. The quantitative estimate of drug-likeness (QED) is 0.570. The molecule has 2 fully saturated rings. The molecule has 2 rings (SSSR count). The third-order valence-electron chi connectivity index (χ3n) is 5.88. The average molecular weight is 348 g/mol. The monoisotopic (exact) mass is 348 g/mol. The molecule has 2 aliphatic rings. The molecule has 0 heterocycles. The normalized spacial score (nSPS) is 34.1. The summed E-state index contributed by atoms with van der Waals surface area (Å²) in [4.78, 5) is 24.1. The molecule has 0 unspecified atom stereocenters. The summed E-state index contributed by atoms with van der Waals surface area (Å²) in [5, 5.41) is 0. The van der Waals surface area contributed by atoms with Crippen LogP contribution in [0.2, 0.25) is 0 Å². The van der Waals surface area contributed by atoms with Gasteiger partial charge in [-0.2, -0.15) is 30.7 Å². The van der Waals surface area contributed by atoms with Gasteiger partial charge in [-0.05, 0) is 24.2 Å². The van der Waals surface area contributed by atoms with Crippen molar-refractivity contribution in [2.24, 2.45) is 22.7 Å². The second-order valence-electron chi connectivity index (χ2n) is 7.05. The van der Waals surface area contributed by atoms with E-state index in [2.05, 4.69) is 0 Å². The fraction of sp³-hybridized carbons (Fsp3) is 0.857. The van der Waals surface area contributed by atoms with Crippen LogP contribution in [0.5, 0.6) is 0 Å². The van der Waals surface area contributed by atoms with Gasteiger partial charge >= 0.3 is 18.0 Å². The summed E-state index contributed by atoms with van der Waals surface area (Å²) in [6, 6.07) is 0. The maximum absolute atomic E-state index is 13.6. The Morgan fingerprint density at radius 1 is 1.04 bits per heavy atom. The Hall–Kier alpha value is -1.15. The van der Waals surface area contributed by atoms with E-state index in [0.717, 1.165) is 0 Å². The highest BCUT2D eigenvalue weighted by molar-refractivity contribution is 6.10. The molecule has 0 N–H and O–H groups in total. The topological polar surface area (TPSA) is 34.1 Å². The number of Topliss-reactive ketones (excluding diaryl/α,β-unsaturated/α-hetero) is 2. The number of carbonyl (C=O) groups excluding carboxylic acids is 2. The summed E-state index contributed by atoms with van der Waals surface area (Å²) in [6.07, 6.45) is -6.15. The Morgan fingerprint density at radius 3 is 1.87 bits per heavy atom. The van der Waals surface area contributed by atoms with Crippen LogP contribution in [0.3, 0.4) is 0 Å². The van der Waals surface area contributed by atoms with Crippen LogP contribution in [0.1, 0.15) is 33.6 Å². The maximum atomic E-state index is 13.6. The van der Waals surface area contributed by atoms with Gasteiger partial charge in [0.25, 0.3) is 0 Å². The van der Waals surface area contributed by atoms with Crippen molar-refractivity contribution in [1.82, 2.24) is 0 Å². The highest BCUT2D eigenvalue weighted by Crippen LogP contribution is 2.66. The van der Waals surface area contributed by atoms with E-state index in [1.165, 1.54) is 20.8 Å². The smallest absolute Gasteiger partial charge is 0.298 e. The van der Waals surface area contributed by atoms with Crippen molar-refractivity contribution in [2.75, 3.05) is 0 Å². The van der Waals surface area contributed by atoms with Gasteiger partial charge in [-0.15, -0.1) is 0 Å². The molecule has 2 bridgehead atoms. The predicted molar refractivity (Wildman–Crippen MR) is 64.1 cm³/mol. The number of hydrogen-bond donors (Lipinski definition) is 0. The van der Waals surface area contributed by atoms with Crippen molar-refractivity contribution in [1.29, 1.82) is 0 Å². The molecule has 2 nitrogen and oxygen atoms in total. The van der Waals surface area contributed by atoms with Crippen LogP contribution in [0, 0.1) is 22.7 Å². The number of hydrogen-bond acceptors (Lipinski definition) is 2. The summed E-state index contributed by atoms with van der Waals surface area (Å²) in [7, 11) is 0. The van der Waals surface area contributed by atoms with Gasteiger partial charge in [0.05, 0.1) is 5.92 Å². The first kappa shape index (κ1) is 18.2. The van der Waals surface area contributed by atoms with Crippen molar-refractivity contribution in [2.45, 2.75) is 51.6 Å². The number of ketones is 2. The summed E-state index contributed by atoms with van der Waals surface area (Å²) in [5.41, 5.74) is -2.10. The highest BCUT2D eigenvalue weighted by Gasteiger charge is 2.79. The fourth-order valence-corrected chi connectivity index (χ4v) is 3.92. The van der Waals surface area contributed by atoms with Gasteiger partial charge in [-0.1, -0.05) is 20.8 Å². The van der Waals surface area contributed by atoms with Crippen LogP contribution >= 0.6 is 0 Å². The van der Waals surface area contributed by atoms with Crippen LogP contribution in [0.4, 0.5) is 30.7 Å². The van der Waals surface area contributed by atoms with Gasteiger partial charge in [0.2, 0.25) is 5.78 Å². The van der Waals surface area contributed by atoms with E-state index in [-0.39, 0.29) is 12.8 Å². The van der Waals surface area contributed by atoms with E-state index in [0.29, 0.717) is 0 Å². The second-order valence-corrected chi connectivity index (χ2v) is 7.05. The van der Waals surface area contributed by atoms with E-state index in [9.17, 15) is 40.3 Å². The zero-order valence-corrected chi connectivity index (χ0v) is 12.5. The lowest BCUT2D eigenvalue weighted by molar-refractivity contribution is -0.344. The molecule has 0 spiro atoms. The molecule has 0 amide bonds. The standard InChI is InChI=1S/C14H15F7O2/c1-10(2)6-4-5-11(10,3)8(22)7(6)9(23)12(15,16)13(17,18)14(19,20)21/h6-7H,4-5H2,1-3H3/t6-,7+,11-/m1/s1. The van der Waals surface area contributed by atoms with E-state index >= 15 is 0 Å². The van der Waals surface area contributed by atoms with E-state index < -0.39 is 52.3 Å². The second kappa shape index (κ2) is 4.47. The zero-order chi connectivity index (χ0) is 18.2. The van der Waals surface area contributed by atoms with Gasteiger partial charge in [-0.25, -0.2) is 0 Å². The van der Waals surface area contributed by atoms with Gasteiger partial charge in [0.15, 0.2) is 0 Å². The lowest BCUT2D eigenvalue weighted by Gasteiger charge is -2.32. The molecule has 9 heteroatoms. The lowest BCUT2D eigenvalue weighted by Crippen LogP contribution is -2.59. The Labute approximate surface area is 127 Å². The molecule has 132 valence electrons. The van der Waals surface area contributed by atoms with Gasteiger partial charge < -0.3 is 0 Å². The third kappa shape index (κ3) is 1.94. The SMILES string of the molecule is CC1(C)[C@@H]2CC[C@]1(C)C(=O)[C@H]2C(=O)C(F)(F)C(F)(F)C(F)(F)F. The summed E-state index contributed by atoms with van der Waals surface area (Å²) >= 11 is 0. The number of halogens is 7. The van der Waals surface area contributed by atoms with Crippen molar-refractivity contribution < 1.29 is 40.3 Å². The molecule has 0 aliphatic heterocycles. The van der Waals surface area contributed by atoms with Crippen LogP contribution in [0.25, 0.3) is 0 Å². The number of alkyl halides is 7. The Balaban J connectivity index is 2.45. The molecule has 3 atom stereocenters. The predicted octanol–water partition coefficient (Wildman–Crippen LogP) is 4.03.